The van der Waals surface area contributed by atoms with Crippen LogP contribution in [0.15, 0.2) is 18.2 Å². The molecule has 0 aliphatic heterocycles. The molecular weight excluding hydrogens is 296 g/mol. The zero-order chi connectivity index (χ0) is 16.8. The van der Waals surface area contributed by atoms with Crippen molar-refractivity contribution in [3.8, 4) is 11.5 Å². The molecule has 0 spiro atoms. The molecule has 1 heterocycles. The van der Waals surface area contributed by atoms with Crippen LogP contribution in [0.4, 0.5) is 17.8 Å². The number of nitrogens with one attached hydrogen (secondary N) is 1. The normalized spacial score (nSPS) is 10.5. The van der Waals surface area contributed by atoms with Crippen LogP contribution in [0.2, 0.25) is 0 Å². The van der Waals surface area contributed by atoms with Gasteiger partial charge in [0, 0.05) is 20.6 Å². The lowest BCUT2D eigenvalue weighted by atomic mass is 10.1. The fraction of sp³-hybridized carbons (Fsp3) is 0.400. The Hall–Kier alpha value is -2.77. The highest BCUT2D eigenvalue weighted by Crippen LogP contribution is 2.29. The summed E-state index contributed by atoms with van der Waals surface area (Å²) in [4.78, 5) is 14.1. The van der Waals surface area contributed by atoms with Gasteiger partial charge in [0.05, 0.1) is 0 Å². The number of benzene rings is 1. The van der Waals surface area contributed by atoms with E-state index in [4.69, 9.17) is 5.73 Å². The smallest absolute Gasteiger partial charge is 0.231 e. The predicted octanol–water partition coefficient (Wildman–Crippen LogP) is 1.37. The van der Waals surface area contributed by atoms with Crippen molar-refractivity contribution in [3.05, 3.63) is 23.8 Å². The van der Waals surface area contributed by atoms with Crippen molar-refractivity contribution in [2.75, 3.05) is 36.6 Å². The van der Waals surface area contributed by atoms with Crippen LogP contribution in [-0.4, -0.2) is 45.8 Å². The number of hydrogen-bond donors (Lipinski definition) is 4. The highest BCUT2D eigenvalue weighted by molar-refractivity contribution is 5.44. The molecular formula is C15H22N6O2. The number of aromatic nitrogens is 3. The van der Waals surface area contributed by atoms with Gasteiger partial charge in [0.25, 0.3) is 0 Å². The SMILES string of the molecule is CN(C)c1nc(N)nc(NCCCCc2cccc(O)c2O)n1. The van der Waals surface area contributed by atoms with Gasteiger partial charge in [0.1, 0.15) is 0 Å². The molecule has 0 atom stereocenters. The summed E-state index contributed by atoms with van der Waals surface area (Å²) in [5.74, 6) is 1.00. The fourth-order valence-electron chi connectivity index (χ4n) is 2.08. The number of nitrogens with zero attached hydrogens (tertiary/aromatic N) is 4. The van der Waals surface area contributed by atoms with Gasteiger partial charge in [-0.3, -0.25) is 0 Å². The number of phenolic OH excluding ortho intramolecular Hbond substituents is 2. The van der Waals surface area contributed by atoms with Crippen LogP contribution in [0.3, 0.4) is 0 Å². The third kappa shape index (κ3) is 4.60. The second-order valence-electron chi connectivity index (χ2n) is 5.38. The van der Waals surface area contributed by atoms with Crippen molar-refractivity contribution in [2.24, 2.45) is 0 Å². The van der Waals surface area contributed by atoms with Gasteiger partial charge in [-0.1, -0.05) is 12.1 Å². The van der Waals surface area contributed by atoms with E-state index in [1.54, 1.807) is 17.0 Å². The van der Waals surface area contributed by atoms with Gasteiger partial charge in [-0.15, -0.1) is 0 Å². The maximum atomic E-state index is 9.73. The Balaban J connectivity index is 1.81. The Kier molecular flexibility index (Phi) is 5.40. The second-order valence-corrected chi connectivity index (χ2v) is 5.38. The summed E-state index contributed by atoms with van der Waals surface area (Å²) in [5.41, 5.74) is 6.39. The maximum Gasteiger partial charge on any atom is 0.231 e. The van der Waals surface area contributed by atoms with Crippen LogP contribution in [0.5, 0.6) is 11.5 Å². The molecule has 124 valence electrons. The quantitative estimate of drug-likeness (QED) is 0.446. The molecule has 1 aromatic carbocycles. The molecule has 0 bridgehead atoms. The number of aryl methyl sites for hydroxylation is 1. The first kappa shape index (κ1) is 16.6. The van der Waals surface area contributed by atoms with E-state index >= 15 is 0 Å². The monoisotopic (exact) mass is 318 g/mol. The number of phenols is 2. The molecule has 8 nitrogen and oxygen atoms in total. The largest absolute Gasteiger partial charge is 0.504 e. The molecule has 1 aromatic heterocycles. The average Bonchev–Trinajstić information content (AvgIpc) is 2.50. The van der Waals surface area contributed by atoms with Gasteiger partial charge >= 0.3 is 0 Å². The Morgan fingerprint density at radius 1 is 1.13 bits per heavy atom. The predicted molar refractivity (Wildman–Crippen MR) is 89.8 cm³/mol. The number of aromatic hydroxyl groups is 2. The van der Waals surface area contributed by atoms with E-state index in [9.17, 15) is 10.2 Å². The van der Waals surface area contributed by atoms with Crippen LogP contribution in [0, 0.1) is 0 Å². The van der Waals surface area contributed by atoms with Gasteiger partial charge < -0.3 is 26.2 Å². The minimum Gasteiger partial charge on any atom is -0.504 e. The number of para-hydroxylation sites is 1. The first-order valence-electron chi connectivity index (χ1n) is 7.40. The topological polar surface area (TPSA) is 120 Å². The zero-order valence-electron chi connectivity index (χ0n) is 13.3. The average molecular weight is 318 g/mol. The Morgan fingerprint density at radius 3 is 2.65 bits per heavy atom. The lowest BCUT2D eigenvalue weighted by molar-refractivity contribution is 0.399. The van der Waals surface area contributed by atoms with Gasteiger partial charge in [-0.05, 0) is 30.9 Å². The Bertz CT molecular complexity index is 662. The molecule has 2 aromatic rings. The van der Waals surface area contributed by atoms with E-state index in [0.29, 0.717) is 24.9 Å². The van der Waals surface area contributed by atoms with Crippen LogP contribution in [0.1, 0.15) is 18.4 Å². The second kappa shape index (κ2) is 7.48. The molecule has 23 heavy (non-hydrogen) atoms. The number of nitrogen functional groups attached to an aromatic ring is 1. The maximum absolute atomic E-state index is 9.73. The fourth-order valence-corrected chi connectivity index (χ4v) is 2.08. The van der Waals surface area contributed by atoms with Crippen molar-refractivity contribution < 1.29 is 10.2 Å². The molecule has 5 N–H and O–H groups in total. The first-order valence-corrected chi connectivity index (χ1v) is 7.40. The standard InChI is InChI=1S/C15H22N6O2/c1-21(2)15-19-13(16)18-14(20-15)17-9-4-3-6-10-7-5-8-11(22)12(10)23/h5,7-8,22-23H,3-4,6,9H2,1-2H3,(H3,16,17,18,19,20). The molecule has 8 heteroatoms. The summed E-state index contributed by atoms with van der Waals surface area (Å²) in [6.07, 6.45) is 2.40. The number of anilines is 3. The molecule has 0 radical (unpaired) electrons. The minimum atomic E-state index is -0.0856. The van der Waals surface area contributed by atoms with E-state index in [-0.39, 0.29) is 17.4 Å². The summed E-state index contributed by atoms with van der Waals surface area (Å²) in [7, 11) is 3.67. The van der Waals surface area contributed by atoms with Crippen LogP contribution >= 0.6 is 0 Å². The van der Waals surface area contributed by atoms with Crippen molar-refractivity contribution in [3.63, 3.8) is 0 Å². The van der Waals surface area contributed by atoms with E-state index in [1.807, 2.05) is 14.1 Å². The molecule has 0 saturated heterocycles. The number of rotatable bonds is 7. The summed E-state index contributed by atoms with van der Waals surface area (Å²) in [6, 6.07) is 4.99. The van der Waals surface area contributed by atoms with Crippen molar-refractivity contribution >= 4 is 17.8 Å². The molecule has 0 fully saturated rings. The third-order valence-corrected chi connectivity index (χ3v) is 3.30. The summed E-state index contributed by atoms with van der Waals surface area (Å²) < 4.78 is 0. The molecule has 0 aliphatic carbocycles. The van der Waals surface area contributed by atoms with E-state index in [0.717, 1.165) is 18.4 Å². The van der Waals surface area contributed by atoms with E-state index in [1.165, 1.54) is 6.07 Å². The lowest BCUT2D eigenvalue weighted by Gasteiger charge is -2.12. The van der Waals surface area contributed by atoms with E-state index in [2.05, 4.69) is 20.3 Å². The lowest BCUT2D eigenvalue weighted by Crippen LogP contribution is -2.16. The molecule has 0 amide bonds. The Morgan fingerprint density at radius 2 is 1.91 bits per heavy atom. The molecule has 2 rings (SSSR count). The van der Waals surface area contributed by atoms with Gasteiger partial charge in [-0.25, -0.2) is 0 Å². The summed E-state index contributed by atoms with van der Waals surface area (Å²) in [6.45, 7) is 0.676. The van der Waals surface area contributed by atoms with Crippen LogP contribution in [-0.2, 0) is 6.42 Å². The summed E-state index contributed by atoms with van der Waals surface area (Å²) in [5, 5.41) is 22.3. The van der Waals surface area contributed by atoms with Crippen molar-refractivity contribution in [2.45, 2.75) is 19.3 Å². The number of hydrogen-bond acceptors (Lipinski definition) is 8. The highest BCUT2D eigenvalue weighted by Gasteiger charge is 2.07. The van der Waals surface area contributed by atoms with Crippen LogP contribution in [0.25, 0.3) is 0 Å². The van der Waals surface area contributed by atoms with Crippen LogP contribution < -0.4 is 16.0 Å². The zero-order valence-corrected chi connectivity index (χ0v) is 13.3. The third-order valence-electron chi connectivity index (χ3n) is 3.30. The number of nitrogens with two attached hydrogens (primary N) is 1. The Labute approximate surface area is 135 Å². The van der Waals surface area contributed by atoms with Crippen molar-refractivity contribution in [1.82, 2.24) is 15.0 Å². The molecule has 0 unspecified atom stereocenters. The highest BCUT2D eigenvalue weighted by atomic mass is 16.3. The number of unbranched alkanes of at least 4 members (excludes halogenated alkanes) is 1. The van der Waals surface area contributed by atoms with E-state index < -0.39 is 0 Å². The minimum absolute atomic E-state index is 0.0404. The first-order chi connectivity index (χ1) is 11.0. The van der Waals surface area contributed by atoms with Gasteiger partial charge in [-0.2, -0.15) is 15.0 Å². The summed E-state index contributed by atoms with van der Waals surface area (Å²) >= 11 is 0. The molecule has 0 saturated carbocycles. The van der Waals surface area contributed by atoms with Gasteiger partial charge in [0.15, 0.2) is 11.5 Å². The molecule has 0 aliphatic rings. The van der Waals surface area contributed by atoms with Crippen molar-refractivity contribution in [1.29, 1.82) is 0 Å². The van der Waals surface area contributed by atoms with Gasteiger partial charge in [0.2, 0.25) is 17.8 Å².